The predicted molar refractivity (Wildman–Crippen MR) is 100 cm³/mol. The topological polar surface area (TPSA) is 122 Å². The summed E-state index contributed by atoms with van der Waals surface area (Å²) in [5.74, 6) is 0.348. The van der Waals surface area contributed by atoms with Crippen LogP contribution in [-0.4, -0.2) is 45.2 Å². The van der Waals surface area contributed by atoms with Crippen molar-refractivity contribution < 1.29 is 23.2 Å². The highest BCUT2D eigenvalue weighted by molar-refractivity contribution is 5.91. The van der Waals surface area contributed by atoms with Crippen LogP contribution in [0.2, 0.25) is 0 Å². The third-order valence-electron chi connectivity index (χ3n) is 5.41. The van der Waals surface area contributed by atoms with Crippen LogP contribution in [0.25, 0.3) is 0 Å². The largest absolute Gasteiger partial charge is 0.443 e. The summed E-state index contributed by atoms with van der Waals surface area (Å²) in [4.78, 5) is 24.0. The number of alkyl carbamates (subject to hydrolysis) is 1. The Bertz CT molecular complexity index is 906. The quantitative estimate of drug-likeness (QED) is 0.679. The lowest BCUT2D eigenvalue weighted by Gasteiger charge is -2.17. The molecule has 0 aromatic carbocycles. The summed E-state index contributed by atoms with van der Waals surface area (Å²) >= 11 is 0. The number of amides is 2. The molecule has 4 rings (SSSR count). The van der Waals surface area contributed by atoms with Crippen molar-refractivity contribution >= 4 is 17.8 Å². The molecule has 156 valence electrons. The van der Waals surface area contributed by atoms with Gasteiger partial charge in [-0.15, -0.1) is 0 Å². The summed E-state index contributed by atoms with van der Waals surface area (Å²) in [6.07, 6.45) is -0.158. The van der Waals surface area contributed by atoms with E-state index in [1.54, 1.807) is 19.1 Å². The standard InChI is InChI=1S/C19H24FN5O4/c1-10-5-12(29-25-10)8-17(26)21-16-9-14(23-24-16)11-6-13(20)15(7-11)28-18(27)22-19(2)3-4-19/h5,9,11,13,15H,3-4,6-8H2,1-2H3,(H,22,27)(H2,21,23,24,26)/t11?,13-,15?/m0/s1. The van der Waals surface area contributed by atoms with Crippen molar-refractivity contribution in [1.82, 2.24) is 20.7 Å². The number of anilines is 1. The number of aryl methyl sites for hydroxylation is 1. The van der Waals surface area contributed by atoms with Crippen molar-refractivity contribution in [1.29, 1.82) is 0 Å². The average Bonchev–Trinajstić information content (AvgIpc) is 3.01. The minimum atomic E-state index is -1.24. The third kappa shape index (κ3) is 4.75. The van der Waals surface area contributed by atoms with Gasteiger partial charge in [0, 0.05) is 29.3 Å². The average molecular weight is 405 g/mol. The molecule has 0 bridgehead atoms. The summed E-state index contributed by atoms with van der Waals surface area (Å²) in [6, 6.07) is 3.37. The minimum Gasteiger partial charge on any atom is -0.443 e. The minimum absolute atomic E-state index is 0.0446. The number of nitrogens with one attached hydrogen (secondary N) is 3. The first-order valence-corrected chi connectivity index (χ1v) is 9.70. The number of halogens is 1. The monoisotopic (exact) mass is 405 g/mol. The Morgan fingerprint density at radius 3 is 2.86 bits per heavy atom. The molecule has 0 saturated heterocycles. The number of aromatic nitrogens is 3. The van der Waals surface area contributed by atoms with Gasteiger partial charge < -0.3 is 19.9 Å². The number of hydrogen-bond acceptors (Lipinski definition) is 6. The molecule has 2 aromatic heterocycles. The van der Waals surface area contributed by atoms with Crippen molar-refractivity contribution in [3.05, 3.63) is 29.3 Å². The molecule has 29 heavy (non-hydrogen) atoms. The van der Waals surface area contributed by atoms with Crippen LogP contribution >= 0.6 is 0 Å². The fourth-order valence-electron chi connectivity index (χ4n) is 3.50. The van der Waals surface area contributed by atoms with E-state index in [0.29, 0.717) is 29.4 Å². The Morgan fingerprint density at radius 1 is 1.38 bits per heavy atom. The molecule has 3 atom stereocenters. The number of nitrogens with zero attached hydrogens (tertiary/aromatic N) is 2. The molecule has 9 nitrogen and oxygen atoms in total. The zero-order chi connectivity index (χ0) is 20.6. The highest BCUT2D eigenvalue weighted by Gasteiger charge is 2.42. The van der Waals surface area contributed by atoms with Crippen LogP contribution in [0.1, 0.15) is 55.7 Å². The van der Waals surface area contributed by atoms with Gasteiger partial charge in [-0.1, -0.05) is 5.16 Å². The van der Waals surface area contributed by atoms with Crippen molar-refractivity contribution in [3.63, 3.8) is 0 Å². The Labute approximate surface area is 166 Å². The second-order valence-electron chi connectivity index (χ2n) is 8.18. The van der Waals surface area contributed by atoms with Crippen LogP contribution in [0.5, 0.6) is 0 Å². The molecule has 0 aliphatic heterocycles. The van der Waals surface area contributed by atoms with Gasteiger partial charge in [-0.05, 0) is 39.5 Å². The predicted octanol–water partition coefficient (Wildman–Crippen LogP) is 2.75. The molecule has 2 saturated carbocycles. The number of alkyl halides is 1. The van der Waals surface area contributed by atoms with Gasteiger partial charge in [-0.3, -0.25) is 9.89 Å². The summed E-state index contributed by atoms with van der Waals surface area (Å²) in [7, 11) is 0. The smallest absolute Gasteiger partial charge is 0.407 e. The lowest BCUT2D eigenvalue weighted by molar-refractivity contribution is -0.115. The van der Waals surface area contributed by atoms with E-state index < -0.39 is 18.4 Å². The fraction of sp³-hybridized carbons (Fsp3) is 0.579. The van der Waals surface area contributed by atoms with E-state index >= 15 is 0 Å². The Hall–Kier alpha value is -2.91. The van der Waals surface area contributed by atoms with Crippen LogP contribution in [-0.2, 0) is 16.0 Å². The molecular formula is C19H24FN5O4. The summed E-state index contributed by atoms with van der Waals surface area (Å²) < 4.78 is 24.7. The van der Waals surface area contributed by atoms with Gasteiger partial charge in [-0.2, -0.15) is 5.10 Å². The molecule has 2 heterocycles. The van der Waals surface area contributed by atoms with Crippen LogP contribution < -0.4 is 10.6 Å². The first-order chi connectivity index (χ1) is 13.8. The van der Waals surface area contributed by atoms with Gasteiger partial charge in [0.15, 0.2) is 5.82 Å². The Morgan fingerprint density at radius 2 is 2.17 bits per heavy atom. The lowest BCUT2D eigenvalue weighted by Crippen LogP contribution is -2.38. The van der Waals surface area contributed by atoms with Gasteiger partial charge in [0.2, 0.25) is 5.91 Å². The number of ether oxygens (including phenoxy) is 1. The molecule has 2 amide bonds. The summed E-state index contributed by atoms with van der Waals surface area (Å²) in [6.45, 7) is 3.71. The number of aromatic amines is 1. The summed E-state index contributed by atoms with van der Waals surface area (Å²) in [5.41, 5.74) is 1.19. The Kier molecular flexibility index (Phi) is 5.01. The van der Waals surface area contributed by atoms with Gasteiger partial charge in [0.1, 0.15) is 18.0 Å². The maximum atomic E-state index is 14.4. The number of carbonyl (C=O) groups is 2. The molecule has 10 heteroatoms. The maximum Gasteiger partial charge on any atom is 0.407 e. The molecule has 2 aliphatic carbocycles. The zero-order valence-electron chi connectivity index (χ0n) is 16.3. The van der Waals surface area contributed by atoms with E-state index in [4.69, 9.17) is 9.26 Å². The van der Waals surface area contributed by atoms with Crippen LogP contribution in [0.15, 0.2) is 16.7 Å². The first-order valence-electron chi connectivity index (χ1n) is 9.70. The van der Waals surface area contributed by atoms with Crippen molar-refractivity contribution in [3.8, 4) is 0 Å². The van der Waals surface area contributed by atoms with E-state index in [0.717, 1.165) is 12.8 Å². The molecule has 2 fully saturated rings. The lowest BCUT2D eigenvalue weighted by atomic mass is 10.0. The van der Waals surface area contributed by atoms with E-state index in [1.165, 1.54) is 0 Å². The SMILES string of the molecule is Cc1cc(CC(=O)Nc2cc(C3CC(OC(=O)NC4(C)CC4)[C@@H](F)C3)[nH]n2)on1. The molecule has 0 spiro atoms. The van der Waals surface area contributed by atoms with Gasteiger partial charge in [0.05, 0.1) is 12.1 Å². The van der Waals surface area contributed by atoms with Crippen LogP contribution in [0.3, 0.4) is 0 Å². The number of hydrogen-bond donors (Lipinski definition) is 3. The number of rotatable bonds is 6. The van der Waals surface area contributed by atoms with Gasteiger partial charge in [-0.25, -0.2) is 9.18 Å². The highest BCUT2D eigenvalue weighted by atomic mass is 19.1. The fourth-order valence-corrected chi connectivity index (χ4v) is 3.50. The van der Waals surface area contributed by atoms with Gasteiger partial charge in [0.25, 0.3) is 0 Å². The molecule has 2 aliphatic rings. The number of carbonyl (C=O) groups excluding carboxylic acids is 2. The normalized spacial score (nSPS) is 24.9. The van der Waals surface area contributed by atoms with E-state index in [-0.39, 0.29) is 30.2 Å². The zero-order valence-corrected chi connectivity index (χ0v) is 16.3. The van der Waals surface area contributed by atoms with Crippen LogP contribution in [0.4, 0.5) is 15.0 Å². The molecule has 2 unspecified atom stereocenters. The van der Waals surface area contributed by atoms with E-state index in [1.807, 2.05) is 6.92 Å². The van der Waals surface area contributed by atoms with Crippen LogP contribution in [0, 0.1) is 6.92 Å². The molecule has 2 aromatic rings. The van der Waals surface area contributed by atoms with Crippen molar-refractivity contribution in [2.45, 2.75) is 69.7 Å². The first kappa shape index (κ1) is 19.4. The van der Waals surface area contributed by atoms with Crippen molar-refractivity contribution in [2.24, 2.45) is 0 Å². The van der Waals surface area contributed by atoms with Gasteiger partial charge >= 0.3 is 6.09 Å². The van der Waals surface area contributed by atoms with E-state index in [9.17, 15) is 14.0 Å². The summed E-state index contributed by atoms with van der Waals surface area (Å²) in [5, 5.41) is 16.1. The van der Waals surface area contributed by atoms with E-state index in [2.05, 4.69) is 26.0 Å². The number of H-pyrrole nitrogens is 1. The highest BCUT2D eigenvalue weighted by Crippen LogP contribution is 2.38. The molecular weight excluding hydrogens is 381 g/mol. The maximum absolute atomic E-state index is 14.4. The van der Waals surface area contributed by atoms with Crippen molar-refractivity contribution in [2.75, 3.05) is 5.32 Å². The third-order valence-corrected chi connectivity index (χ3v) is 5.41. The second kappa shape index (κ2) is 7.49. The Balaban J connectivity index is 1.29. The molecule has 3 N–H and O–H groups in total. The molecule has 0 radical (unpaired) electrons. The second-order valence-corrected chi connectivity index (χ2v) is 8.18.